The van der Waals surface area contributed by atoms with Crippen LogP contribution in [-0.2, 0) is 17.4 Å². The van der Waals surface area contributed by atoms with Crippen LogP contribution in [0.5, 0.6) is 0 Å². The topological polar surface area (TPSA) is 96.2 Å². The van der Waals surface area contributed by atoms with Gasteiger partial charge in [0, 0.05) is 24.3 Å². The highest BCUT2D eigenvalue weighted by Crippen LogP contribution is 2.31. The zero-order chi connectivity index (χ0) is 23.3. The number of hydrogen-bond donors (Lipinski definition) is 4. The summed E-state index contributed by atoms with van der Waals surface area (Å²) in [6.07, 6.45) is -1.28. The molecule has 0 aromatic heterocycles. The van der Waals surface area contributed by atoms with Gasteiger partial charge in [-0.2, -0.15) is 13.2 Å². The molecule has 6 nitrogen and oxygen atoms in total. The minimum atomic E-state index is -4.60. The second-order valence-electron chi connectivity index (χ2n) is 7.74. The van der Waals surface area contributed by atoms with Gasteiger partial charge in [0.1, 0.15) is 0 Å². The van der Waals surface area contributed by atoms with Gasteiger partial charge in [0.25, 0.3) is 5.91 Å². The molecule has 1 aliphatic heterocycles. The molecule has 1 aliphatic rings. The van der Waals surface area contributed by atoms with Crippen LogP contribution in [0, 0.1) is 0 Å². The molecule has 32 heavy (non-hydrogen) atoms. The van der Waals surface area contributed by atoms with Gasteiger partial charge in [-0.05, 0) is 42.2 Å². The van der Waals surface area contributed by atoms with Crippen molar-refractivity contribution in [3.05, 3.63) is 71.3 Å². The lowest BCUT2D eigenvalue weighted by Gasteiger charge is -2.14. The van der Waals surface area contributed by atoms with Crippen LogP contribution in [0.15, 0.2) is 49.0 Å². The van der Waals surface area contributed by atoms with Crippen molar-refractivity contribution in [2.24, 2.45) is 0 Å². The molecule has 5 N–H and O–H groups in total. The standard InChI is InChI=1S/C23H25F3N4O2/c1-2-14-3-5-15(6-4-14)9-17-11-18(12-28-17)30-21(31)13-29-22(32)19-10-16(23(24,25)26)7-8-20(19)27/h2-8,10,17-18,28H,1,9,11-13,27H2,(H,29,32)(H,30,31). The van der Waals surface area contributed by atoms with Crippen molar-refractivity contribution in [2.75, 3.05) is 18.8 Å². The van der Waals surface area contributed by atoms with Gasteiger partial charge in [0.05, 0.1) is 17.7 Å². The minimum Gasteiger partial charge on any atom is -0.398 e. The van der Waals surface area contributed by atoms with Crippen LogP contribution in [0.2, 0.25) is 0 Å². The summed E-state index contributed by atoms with van der Waals surface area (Å²) >= 11 is 0. The lowest BCUT2D eigenvalue weighted by atomic mass is 10.0. The molecule has 0 bridgehead atoms. The SMILES string of the molecule is C=Cc1ccc(CC2CC(NC(=O)CNC(=O)c3cc(C(F)(F)F)ccc3N)CN2)cc1. The number of rotatable bonds is 7. The van der Waals surface area contributed by atoms with Crippen molar-refractivity contribution >= 4 is 23.6 Å². The van der Waals surface area contributed by atoms with E-state index < -0.39 is 23.6 Å². The maximum Gasteiger partial charge on any atom is 0.416 e. The summed E-state index contributed by atoms with van der Waals surface area (Å²) in [5.41, 5.74) is 6.44. The van der Waals surface area contributed by atoms with Crippen LogP contribution >= 0.6 is 0 Å². The first kappa shape index (κ1) is 23.3. The summed E-state index contributed by atoms with van der Waals surface area (Å²) in [6, 6.07) is 10.7. The van der Waals surface area contributed by atoms with E-state index in [4.69, 9.17) is 5.73 Å². The van der Waals surface area contributed by atoms with Gasteiger partial charge in [-0.25, -0.2) is 0 Å². The van der Waals surface area contributed by atoms with Crippen molar-refractivity contribution in [3.8, 4) is 0 Å². The third kappa shape index (κ3) is 6.10. The summed E-state index contributed by atoms with van der Waals surface area (Å²) in [5.74, 6) is -1.26. The highest BCUT2D eigenvalue weighted by molar-refractivity contribution is 6.00. The first-order valence-corrected chi connectivity index (χ1v) is 10.1. The summed E-state index contributed by atoms with van der Waals surface area (Å²) in [4.78, 5) is 24.4. The number of amides is 2. The van der Waals surface area contributed by atoms with E-state index in [-0.39, 0.29) is 29.9 Å². The second-order valence-corrected chi connectivity index (χ2v) is 7.74. The molecule has 2 unspecified atom stereocenters. The van der Waals surface area contributed by atoms with Crippen molar-refractivity contribution in [2.45, 2.75) is 31.1 Å². The fourth-order valence-electron chi connectivity index (χ4n) is 3.62. The Morgan fingerprint density at radius 1 is 1.19 bits per heavy atom. The molecule has 1 saturated heterocycles. The zero-order valence-electron chi connectivity index (χ0n) is 17.3. The summed E-state index contributed by atoms with van der Waals surface area (Å²) in [5, 5.41) is 8.52. The Bertz CT molecular complexity index is 990. The summed E-state index contributed by atoms with van der Waals surface area (Å²) in [6.45, 7) is 3.96. The smallest absolute Gasteiger partial charge is 0.398 e. The largest absolute Gasteiger partial charge is 0.416 e. The molecule has 2 atom stereocenters. The number of carbonyl (C=O) groups excluding carboxylic acids is 2. The van der Waals surface area contributed by atoms with Crippen LogP contribution in [0.1, 0.15) is 33.5 Å². The Morgan fingerprint density at radius 3 is 2.56 bits per heavy atom. The van der Waals surface area contributed by atoms with Crippen molar-refractivity contribution < 1.29 is 22.8 Å². The number of halogens is 3. The predicted molar refractivity (Wildman–Crippen MR) is 117 cm³/mol. The highest BCUT2D eigenvalue weighted by Gasteiger charge is 2.31. The number of nitrogen functional groups attached to an aromatic ring is 1. The number of hydrogen-bond acceptors (Lipinski definition) is 4. The van der Waals surface area contributed by atoms with E-state index >= 15 is 0 Å². The Hall–Kier alpha value is -3.33. The number of benzene rings is 2. The Kier molecular flexibility index (Phi) is 7.19. The number of alkyl halides is 3. The molecule has 0 spiro atoms. The summed E-state index contributed by atoms with van der Waals surface area (Å²) < 4.78 is 38.6. The summed E-state index contributed by atoms with van der Waals surface area (Å²) in [7, 11) is 0. The van der Waals surface area contributed by atoms with Gasteiger partial charge >= 0.3 is 6.18 Å². The fourth-order valence-corrected chi connectivity index (χ4v) is 3.62. The van der Waals surface area contributed by atoms with Gasteiger partial charge in [-0.3, -0.25) is 9.59 Å². The molecular formula is C23H25F3N4O2. The van der Waals surface area contributed by atoms with Gasteiger partial charge < -0.3 is 21.7 Å². The van der Waals surface area contributed by atoms with E-state index in [1.165, 1.54) is 5.56 Å². The van der Waals surface area contributed by atoms with Crippen LogP contribution < -0.4 is 21.7 Å². The molecule has 2 aromatic rings. The first-order chi connectivity index (χ1) is 15.2. The van der Waals surface area contributed by atoms with Crippen molar-refractivity contribution in [3.63, 3.8) is 0 Å². The lowest BCUT2D eigenvalue weighted by Crippen LogP contribution is -2.42. The van der Waals surface area contributed by atoms with Gasteiger partial charge in [0.2, 0.25) is 5.91 Å². The van der Waals surface area contributed by atoms with E-state index in [0.717, 1.165) is 30.5 Å². The monoisotopic (exact) mass is 446 g/mol. The van der Waals surface area contributed by atoms with Crippen LogP contribution in [0.3, 0.4) is 0 Å². The number of nitrogens with two attached hydrogens (primary N) is 1. The van der Waals surface area contributed by atoms with Gasteiger partial charge in [0.15, 0.2) is 0 Å². The molecule has 2 aromatic carbocycles. The Balaban J connectivity index is 1.47. The van der Waals surface area contributed by atoms with E-state index in [0.29, 0.717) is 12.6 Å². The average molecular weight is 446 g/mol. The molecule has 3 rings (SSSR count). The third-order valence-electron chi connectivity index (χ3n) is 5.32. The van der Waals surface area contributed by atoms with E-state index in [9.17, 15) is 22.8 Å². The van der Waals surface area contributed by atoms with Crippen molar-refractivity contribution in [1.82, 2.24) is 16.0 Å². The molecular weight excluding hydrogens is 421 g/mol. The lowest BCUT2D eigenvalue weighted by molar-refractivity contribution is -0.137. The molecule has 1 heterocycles. The molecule has 9 heteroatoms. The molecule has 170 valence electrons. The second kappa shape index (κ2) is 9.86. The Labute approximate surface area is 184 Å². The molecule has 0 radical (unpaired) electrons. The molecule has 0 saturated carbocycles. The van der Waals surface area contributed by atoms with E-state index in [2.05, 4.69) is 22.5 Å². The third-order valence-corrected chi connectivity index (χ3v) is 5.32. The highest BCUT2D eigenvalue weighted by atomic mass is 19.4. The van der Waals surface area contributed by atoms with Crippen molar-refractivity contribution in [1.29, 1.82) is 0 Å². The predicted octanol–water partition coefficient (Wildman–Crippen LogP) is 2.75. The molecule has 0 aliphatic carbocycles. The molecule has 2 amide bonds. The van der Waals surface area contributed by atoms with Gasteiger partial charge in [-0.15, -0.1) is 0 Å². The van der Waals surface area contributed by atoms with Gasteiger partial charge in [-0.1, -0.05) is 36.9 Å². The van der Waals surface area contributed by atoms with E-state index in [1.807, 2.05) is 24.3 Å². The number of carbonyl (C=O) groups is 2. The normalized spacial score (nSPS) is 18.2. The number of nitrogens with one attached hydrogen (secondary N) is 3. The first-order valence-electron chi connectivity index (χ1n) is 10.1. The maximum atomic E-state index is 12.9. The quantitative estimate of drug-likeness (QED) is 0.492. The van der Waals surface area contributed by atoms with E-state index in [1.54, 1.807) is 6.08 Å². The minimum absolute atomic E-state index is 0.0973. The number of anilines is 1. The zero-order valence-corrected chi connectivity index (χ0v) is 17.3. The fraction of sp³-hybridized carbons (Fsp3) is 0.304. The molecule has 1 fully saturated rings. The maximum absolute atomic E-state index is 12.9. The van der Waals surface area contributed by atoms with Crippen LogP contribution in [0.25, 0.3) is 6.08 Å². The Morgan fingerprint density at radius 2 is 1.91 bits per heavy atom. The average Bonchev–Trinajstić information content (AvgIpc) is 3.18. The van der Waals surface area contributed by atoms with Crippen LogP contribution in [0.4, 0.5) is 18.9 Å². The van der Waals surface area contributed by atoms with Crippen LogP contribution in [-0.4, -0.2) is 37.0 Å².